The van der Waals surface area contributed by atoms with Crippen molar-refractivity contribution in [2.75, 3.05) is 0 Å². The maximum absolute atomic E-state index is 10.8. The van der Waals surface area contributed by atoms with Crippen molar-refractivity contribution in [1.82, 2.24) is 0 Å². The highest BCUT2D eigenvalue weighted by Crippen LogP contribution is 2.25. The number of nitrogens with zero attached hydrogens (tertiary/aromatic N) is 1. The van der Waals surface area contributed by atoms with Gasteiger partial charge in [0.1, 0.15) is 0 Å². The van der Waals surface area contributed by atoms with Crippen LogP contribution in [0.15, 0.2) is 30.3 Å². The van der Waals surface area contributed by atoms with E-state index in [0.717, 1.165) is 0 Å². The lowest BCUT2D eigenvalue weighted by Gasteiger charge is -2.13. The summed E-state index contributed by atoms with van der Waals surface area (Å²) in [7, 11) is 0. The Bertz CT molecular complexity index is 429. The molecule has 0 radical (unpaired) electrons. The van der Waals surface area contributed by atoms with Gasteiger partial charge >= 0.3 is 11.9 Å². The monoisotopic (exact) mass is 239 g/mol. The maximum Gasteiger partial charge on any atom is 0.325 e. The van der Waals surface area contributed by atoms with E-state index in [1.54, 1.807) is 6.07 Å². The van der Waals surface area contributed by atoms with Crippen molar-refractivity contribution < 1.29 is 24.7 Å². The number of rotatable bonds is 5. The second-order valence-electron chi connectivity index (χ2n) is 3.30. The Kier molecular flexibility index (Phi) is 3.76. The number of nitro groups is 1. The molecule has 17 heavy (non-hydrogen) atoms. The number of aliphatic carboxylic acids is 2. The maximum atomic E-state index is 10.8. The number of carbonyl (C=O) groups is 2. The van der Waals surface area contributed by atoms with E-state index < -0.39 is 28.8 Å². The lowest BCUT2D eigenvalue weighted by Crippen LogP contribution is -2.34. The van der Waals surface area contributed by atoms with E-state index in [1.807, 2.05) is 0 Å². The van der Waals surface area contributed by atoms with Gasteiger partial charge in [-0.1, -0.05) is 30.3 Å². The Labute approximate surface area is 95.5 Å². The molecule has 1 unspecified atom stereocenters. The van der Waals surface area contributed by atoms with Crippen LogP contribution < -0.4 is 0 Å². The summed E-state index contributed by atoms with van der Waals surface area (Å²) in [6, 6.07) is 5.40. The molecule has 0 heterocycles. The summed E-state index contributed by atoms with van der Waals surface area (Å²) in [4.78, 5) is 31.5. The van der Waals surface area contributed by atoms with Gasteiger partial charge in [0.15, 0.2) is 0 Å². The van der Waals surface area contributed by atoms with Crippen LogP contribution in [0.4, 0.5) is 0 Å². The third-order valence-electron chi connectivity index (χ3n) is 2.22. The van der Waals surface area contributed by atoms with Gasteiger partial charge in [-0.25, -0.2) is 0 Å². The summed E-state index contributed by atoms with van der Waals surface area (Å²) >= 11 is 0. The van der Waals surface area contributed by atoms with Gasteiger partial charge in [-0.2, -0.15) is 0 Å². The van der Waals surface area contributed by atoms with Gasteiger partial charge in [0.25, 0.3) is 6.04 Å². The Morgan fingerprint density at radius 3 is 1.94 bits per heavy atom. The van der Waals surface area contributed by atoms with Gasteiger partial charge in [0.2, 0.25) is 5.92 Å². The van der Waals surface area contributed by atoms with Crippen LogP contribution in [0.5, 0.6) is 0 Å². The summed E-state index contributed by atoms with van der Waals surface area (Å²) in [5.41, 5.74) is 0.0484. The van der Waals surface area contributed by atoms with E-state index in [4.69, 9.17) is 10.2 Å². The van der Waals surface area contributed by atoms with Crippen LogP contribution in [-0.2, 0) is 9.59 Å². The molecule has 1 aromatic rings. The number of carboxylic acid groups (broad SMARTS) is 2. The van der Waals surface area contributed by atoms with E-state index in [0.29, 0.717) is 0 Å². The third kappa shape index (κ3) is 2.77. The molecule has 7 heteroatoms. The molecule has 1 rings (SSSR count). The first-order chi connectivity index (χ1) is 7.95. The van der Waals surface area contributed by atoms with Crippen molar-refractivity contribution in [2.24, 2.45) is 5.92 Å². The molecule has 0 bridgehead atoms. The molecule has 1 atom stereocenters. The summed E-state index contributed by atoms with van der Waals surface area (Å²) in [5.74, 6) is -5.57. The van der Waals surface area contributed by atoms with E-state index in [9.17, 15) is 19.7 Å². The summed E-state index contributed by atoms with van der Waals surface area (Å²) < 4.78 is 0. The molecule has 0 saturated heterocycles. The van der Waals surface area contributed by atoms with Gasteiger partial charge in [0, 0.05) is 10.5 Å². The molecule has 0 saturated carbocycles. The average molecular weight is 239 g/mol. The minimum atomic E-state index is -2.10. The largest absolute Gasteiger partial charge is 0.480 e. The van der Waals surface area contributed by atoms with Crippen LogP contribution in [0.25, 0.3) is 0 Å². The topological polar surface area (TPSA) is 118 Å². The molecular formula is C10H9NO6. The second-order valence-corrected chi connectivity index (χ2v) is 3.30. The fourth-order valence-corrected chi connectivity index (χ4v) is 1.46. The zero-order valence-electron chi connectivity index (χ0n) is 8.52. The molecule has 90 valence electrons. The van der Waals surface area contributed by atoms with Crippen LogP contribution in [0.1, 0.15) is 11.6 Å². The lowest BCUT2D eigenvalue weighted by atomic mass is 9.94. The molecule has 2 N–H and O–H groups in total. The quantitative estimate of drug-likeness (QED) is 0.445. The highest BCUT2D eigenvalue weighted by Gasteiger charge is 2.44. The fraction of sp³-hybridized carbons (Fsp3) is 0.200. The van der Waals surface area contributed by atoms with Gasteiger partial charge < -0.3 is 10.2 Å². The van der Waals surface area contributed by atoms with Crippen molar-refractivity contribution in [2.45, 2.75) is 6.04 Å². The minimum absolute atomic E-state index is 0.0484. The van der Waals surface area contributed by atoms with Gasteiger partial charge in [0.05, 0.1) is 0 Å². The molecule has 7 nitrogen and oxygen atoms in total. The van der Waals surface area contributed by atoms with Crippen molar-refractivity contribution in [3.05, 3.63) is 46.0 Å². The van der Waals surface area contributed by atoms with E-state index in [2.05, 4.69) is 0 Å². The first-order valence-corrected chi connectivity index (χ1v) is 4.59. The molecule has 1 aromatic carbocycles. The van der Waals surface area contributed by atoms with Crippen LogP contribution in [0.3, 0.4) is 0 Å². The zero-order valence-corrected chi connectivity index (χ0v) is 8.52. The predicted molar refractivity (Wildman–Crippen MR) is 54.9 cm³/mol. The molecule has 0 spiro atoms. The van der Waals surface area contributed by atoms with Crippen molar-refractivity contribution in [3.8, 4) is 0 Å². The SMILES string of the molecule is O=C(O)C(C(=O)O)C(c1ccccc1)[N+](=O)[O-]. The van der Waals surface area contributed by atoms with Crippen molar-refractivity contribution >= 4 is 11.9 Å². The lowest BCUT2D eigenvalue weighted by molar-refractivity contribution is -0.534. The number of benzene rings is 1. The summed E-state index contributed by atoms with van der Waals surface area (Å²) in [5, 5.41) is 28.3. The molecule has 0 fully saturated rings. The smallest absolute Gasteiger partial charge is 0.325 e. The molecule has 0 aliphatic rings. The third-order valence-corrected chi connectivity index (χ3v) is 2.22. The predicted octanol–water partition coefficient (Wildman–Crippen LogP) is 0.790. The highest BCUT2D eigenvalue weighted by atomic mass is 16.6. The van der Waals surface area contributed by atoms with E-state index >= 15 is 0 Å². The van der Waals surface area contributed by atoms with Crippen LogP contribution >= 0.6 is 0 Å². The Balaban J connectivity index is 3.22. The highest BCUT2D eigenvalue weighted by molar-refractivity contribution is 5.93. The van der Waals surface area contributed by atoms with Crippen molar-refractivity contribution in [3.63, 3.8) is 0 Å². The zero-order chi connectivity index (χ0) is 13.0. The number of hydrogen-bond donors (Lipinski definition) is 2. The molecular weight excluding hydrogens is 230 g/mol. The van der Waals surface area contributed by atoms with E-state index in [-0.39, 0.29) is 5.56 Å². The Morgan fingerprint density at radius 2 is 1.59 bits per heavy atom. The summed E-state index contributed by atoms with van der Waals surface area (Å²) in [6.45, 7) is 0. The Morgan fingerprint density at radius 1 is 1.12 bits per heavy atom. The first kappa shape index (κ1) is 12.6. The molecule has 0 aliphatic heterocycles. The average Bonchev–Trinajstić information content (AvgIpc) is 2.25. The number of carboxylic acids is 2. The van der Waals surface area contributed by atoms with Crippen molar-refractivity contribution in [1.29, 1.82) is 0 Å². The van der Waals surface area contributed by atoms with E-state index in [1.165, 1.54) is 24.3 Å². The molecule has 0 aliphatic carbocycles. The first-order valence-electron chi connectivity index (χ1n) is 4.59. The second kappa shape index (κ2) is 5.06. The standard InChI is InChI=1S/C10H9NO6/c12-9(13)7(10(14)15)8(11(16)17)6-4-2-1-3-5-6/h1-5,7-8H,(H,12,13)(H,14,15). The van der Waals surface area contributed by atoms with Crippen LogP contribution in [-0.4, -0.2) is 27.1 Å². The fourth-order valence-electron chi connectivity index (χ4n) is 1.46. The van der Waals surface area contributed by atoms with Gasteiger partial charge in [-0.05, 0) is 0 Å². The minimum Gasteiger partial charge on any atom is -0.480 e. The van der Waals surface area contributed by atoms with Gasteiger partial charge in [-0.15, -0.1) is 0 Å². The number of hydrogen-bond acceptors (Lipinski definition) is 4. The normalized spacial score (nSPS) is 12.1. The molecule has 0 aromatic heterocycles. The van der Waals surface area contributed by atoms with Crippen LogP contribution in [0, 0.1) is 16.0 Å². The summed E-state index contributed by atoms with van der Waals surface area (Å²) in [6.07, 6.45) is 0. The van der Waals surface area contributed by atoms with Gasteiger partial charge in [-0.3, -0.25) is 19.7 Å². The van der Waals surface area contributed by atoms with Crippen LogP contribution in [0.2, 0.25) is 0 Å². The molecule has 0 amide bonds. The Hall–Kier alpha value is -2.44.